The van der Waals surface area contributed by atoms with Crippen molar-refractivity contribution in [2.45, 2.75) is 43.9 Å². The van der Waals surface area contributed by atoms with Crippen LogP contribution >= 0.6 is 11.6 Å². The molecule has 0 unspecified atom stereocenters. The standard InChI is InChI=1S/C37H38ClF3N8O4/c1-47(19-5-20-48(2)31(51)32(52)49-21-16-24-6-3-4-7-26(24)22-49)30(50)25-8-14-29(15-9-25)42-33-43-34(45-35(44-33)53-23-37(39,40)41)46-36(17-18-36)27-10-12-28(38)13-11-27/h3-4,6-15H,5,16-23H2,1-2H3,(H2,42,43,44,45,46). The highest BCUT2D eigenvalue weighted by atomic mass is 35.5. The molecule has 0 atom stereocenters. The number of likely N-dealkylation sites (N-methyl/N-ethyl adjacent to an activating group) is 1. The summed E-state index contributed by atoms with van der Waals surface area (Å²) in [5.74, 6) is -1.44. The first-order valence-electron chi connectivity index (χ1n) is 17.0. The molecule has 3 aromatic carbocycles. The van der Waals surface area contributed by atoms with E-state index in [1.54, 1.807) is 55.4 Å². The van der Waals surface area contributed by atoms with Crippen molar-refractivity contribution in [1.29, 1.82) is 0 Å². The Morgan fingerprint density at radius 2 is 1.55 bits per heavy atom. The Kier molecular flexibility index (Phi) is 11.0. The van der Waals surface area contributed by atoms with Crippen LogP contribution in [-0.4, -0.2) is 93.9 Å². The number of hydrogen-bond acceptors (Lipinski definition) is 9. The van der Waals surface area contributed by atoms with E-state index < -0.39 is 36.1 Å². The van der Waals surface area contributed by atoms with Gasteiger partial charge < -0.3 is 30.1 Å². The Morgan fingerprint density at radius 1 is 0.887 bits per heavy atom. The van der Waals surface area contributed by atoms with Gasteiger partial charge in [0.1, 0.15) is 0 Å². The van der Waals surface area contributed by atoms with E-state index in [4.69, 9.17) is 16.3 Å². The molecule has 1 saturated carbocycles. The van der Waals surface area contributed by atoms with Gasteiger partial charge in [-0.1, -0.05) is 48.0 Å². The molecule has 2 N–H and O–H groups in total. The molecule has 1 aliphatic carbocycles. The first-order valence-corrected chi connectivity index (χ1v) is 17.4. The summed E-state index contributed by atoms with van der Waals surface area (Å²) in [5.41, 5.74) is 3.49. The molecule has 1 aliphatic heterocycles. The Labute approximate surface area is 309 Å². The normalized spacial score (nSPS) is 14.5. The van der Waals surface area contributed by atoms with E-state index in [1.807, 2.05) is 36.4 Å². The van der Waals surface area contributed by atoms with Crippen LogP contribution in [0.4, 0.5) is 30.8 Å². The fourth-order valence-electron chi connectivity index (χ4n) is 6.03. The molecule has 4 aromatic rings. The van der Waals surface area contributed by atoms with Crippen LogP contribution < -0.4 is 15.4 Å². The van der Waals surface area contributed by atoms with Gasteiger partial charge in [0.05, 0.1) is 5.54 Å². The largest absolute Gasteiger partial charge is 0.454 e. The number of fused-ring (bicyclic) bond motifs is 1. The third-order valence-electron chi connectivity index (χ3n) is 9.15. The van der Waals surface area contributed by atoms with Crippen molar-refractivity contribution >= 4 is 46.9 Å². The first-order chi connectivity index (χ1) is 25.3. The number of benzene rings is 3. The maximum Gasteiger partial charge on any atom is 0.422 e. The SMILES string of the molecule is CN(CCCN(C)C(=O)c1ccc(Nc2nc(NC3(c4ccc(Cl)cc4)CC3)nc(OCC(F)(F)F)n2)cc1)C(=O)C(=O)N1CCc2ccccc2C1. The number of nitrogens with one attached hydrogen (secondary N) is 2. The highest BCUT2D eigenvalue weighted by molar-refractivity contribution is 6.34. The zero-order chi connectivity index (χ0) is 37.8. The van der Waals surface area contributed by atoms with Crippen molar-refractivity contribution in [3.05, 3.63) is 100 Å². The molecule has 12 nitrogen and oxygen atoms in total. The smallest absolute Gasteiger partial charge is 0.422 e. The number of hydrogen-bond donors (Lipinski definition) is 2. The summed E-state index contributed by atoms with van der Waals surface area (Å²) in [6.45, 7) is -0.0786. The summed E-state index contributed by atoms with van der Waals surface area (Å²) in [7, 11) is 3.22. The van der Waals surface area contributed by atoms with Gasteiger partial charge in [-0.25, -0.2) is 0 Å². The minimum atomic E-state index is -4.60. The van der Waals surface area contributed by atoms with Crippen molar-refractivity contribution in [2.75, 3.05) is 51.0 Å². The summed E-state index contributed by atoms with van der Waals surface area (Å²) in [6.07, 6.45) is -1.96. The molecule has 2 heterocycles. The molecule has 6 rings (SSSR count). The quantitative estimate of drug-likeness (QED) is 0.172. The minimum absolute atomic E-state index is 0.0227. The molecular formula is C37H38ClF3N8O4. The molecule has 0 spiro atoms. The summed E-state index contributed by atoms with van der Waals surface area (Å²) in [5, 5.41) is 6.75. The summed E-state index contributed by atoms with van der Waals surface area (Å²) < 4.78 is 43.7. The number of anilines is 3. The monoisotopic (exact) mass is 750 g/mol. The van der Waals surface area contributed by atoms with Gasteiger partial charge in [-0.05, 0) is 78.8 Å². The van der Waals surface area contributed by atoms with E-state index in [2.05, 4.69) is 25.6 Å². The van der Waals surface area contributed by atoms with E-state index in [0.717, 1.165) is 24.0 Å². The summed E-state index contributed by atoms with van der Waals surface area (Å²) in [4.78, 5) is 55.9. The lowest BCUT2D eigenvalue weighted by atomic mass is 10.00. The number of aromatic nitrogens is 3. The maximum absolute atomic E-state index is 13.2. The van der Waals surface area contributed by atoms with Gasteiger partial charge in [-0.15, -0.1) is 0 Å². The third kappa shape index (κ3) is 9.52. The number of carbonyl (C=O) groups is 3. The predicted octanol–water partition coefficient (Wildman–Crippen LogP) is 5.82. The van der Waals surface area contributed by atoms with Crippen LogP contribution in [0.5, 0.6) is 6.01 Å². The number of nitrogens with zero attached hydrogens (tertiary/aromatic N) is 6. The molecule has 0 bridgehead atoms. The van der Waals surface area contributed by atoms with Gasteiger partial charge in [0.25, 0.3) is 5.91 Å². The van der Waals surface area contributed by atoms with Gasteiger partial charge in [0.2, 0.25) is 11.9 Å². The van der Waals surface area contributed by atoms with Crippen LogP contribution in [-0.2, 0) is 28.1 Å². The second-order valence-electron chi connectivity index (χ2n) is 13.1. The van der Waals surface area contributed by atoms with Gasteiger partial charge in [-0.2, -0.15) is 28.1 Å². The molecule has 3 amide bonds. The Balaban J connectivity index is 1.03. The highest BCUT2D eigenvalue weighted by Crippen LogP contribution is 2.48. The number of alkyl halides is 3. The van der Waals surface area contributed by atoms with E-state index in [-0.39, 0.29) is 24.3 Å². The molecule has 1 fully saturated rings. The van der Waals surface area contributed by atoms with Crippen LogP contribution in [0.25, 0.3) is 0 Å². The topological polar surface area (TPSA) is 133 Å². The van der Waals surface area contributed by atoms with Crippen molar-refractivity contribution in [3.63, 3.8) is 0 Å². The van der Waals surface area contributed by atoms with E-state index in [1.165, 1.54) is 15.4 Å². The fraction of sp³-hybridized carbons (Fsp3) is 0.351. The van der Waals surface area contributed by atoms with Crippen LogP contribution in [0.2, 0.25) is 5.02 Å². The van der Waals surface area contributed by atoms with Crippen molar-refractivity contribution < 1.29 is 32.3 Å². The van der Waals surface area contributed by atoms with Gasteiger partial charge >= 0.3 is 24.0 Å². The number of carbonyl (C=O) groups excluding carboxylic acids is 3. The van der Waals surface area contributed by atoms with Crippen LogP contribution in [0.15, 0.2) is 72.8 Å². The number of ether oxygens (including phenoxy) is 1. The van der Waals surface area contributed by atoms with E-state index in [0.29, 0.717) is 48.7 Å². The fourth-order valence-corrected chi connectivity index (χ4v) is 6.16. The summed E-state index contributed by atoms with van der Waals surface area (Å²) in [6, 6.07) is 21.0. The lowest BCUT2D eigenvalue weighted by Crippen LogP contribution is -2.46. The molecule has 278 valence electrons. The molecule has 53 heavy (non-hydrogen) atoms. The number of amides is 3. The van der Waals surface area contributed by atoms with Crippen molar-refractivity contribution in [1.82, 2.24) is 29.7 Å². The Bertz CT molecular complexity index is 1960. The number of halogens is 4. The average Bonchev–Trinajstić information content (AvgIpc) is 3.93. The van der Waals surface area contributed by atoms with Gasteiger partial charge in [0, 0.05) is 56.5 Å². The zero-order valence-electron chi connectivity index (χ0n) is 29.1. The Hall–Kier alpha value is -5.44. The molecular weight excluding hydrogens is 713 g/mol. The van der Waals surface area contributed by atoms with Crippen molar-refractivity contribution in [2.24, 2.45) is 0 Å². The first kappa shape index (κ1) is 37.3. The second-order valence-corrected chi connectivity index (χ2v) is 13.6. The summed E-state index contributed by atoms with van der Waals surface area (Å²) >= 11 is 6.04. The van der Waals surface area contributed by atoms with Crippen LogP contribution in [0.3, 0.4) is 0 Å². The Morgan fingerprint density at radius 3 is 2.23 bits per heavy atom. The minimum Gasteiger partial charge on any atom is -0.454 e. The number of rotatable bonds is 12. The van der Waals surface area contributed by atoms with Crippen molar-refractivity contribution in [3.8, 4) is 6.01 Å². The van der Waals surface area contributed by atoms with Crippen LogP contribution in [0, 0.1) is 0 Å². The molecule has 16 heteroatoms. The molecule has 1 aromatic heterocycles. The lowest BCUT2D eigenvalue weighted by Gasteiger charge is -2.29. The van der Waals surface area contributed by atoms with Gasteiger partial charge in [-0.3, -0.25) is 14.4 Å². The average molecular weight is 751 g/mol. The zero-order valence-corrected chi connectivity index (χ0v) is 29.9. The molecule has 0 radical (unpaired) electrons. The van der Waals surface area contributed by atoms with Gasteiger partial charge in [0.15, 0.2) is 6.61 Å². The van der Waals surface area contributed by atoms with E-state index in [9.17, 15) is 27.6 Å². The third-order valence-corrected chi connectivity index (χ3v) is 9.40. The van der Waals surface area contributed by atoms with E-state index >= 15 is 0 Å². The lowest BCUT2D eigenvalue weighted by molar-refractivity contribution is -0.154. The molecule has 0 saturated heterocycles. The molecule has 2 aliphatic rings. The highest BCUT2D eigenvalue weighted by Gasteiger charge is 2.45. The van der Waals surface area contributed by atoms with Crippen LogP contribution in [0.1, 0.15) is 46.3 Å². The predicted molar refractivity (Wildman–Crippen MR) is 192 cm³/mol. The maximum atomic E-state index is 13.2. The second kappa shape index (κ2) is 15.7.